The van der Waals surface area contributed by atoms with E-state index in [1.807, 2.05) is 0 Å². The molecule has 0 radical (unpaired) electrons. The molecule has 46 valence electrons. The summed E-state index contributed by atoms with van der Waals surface area (Å²) in [6.45, 7) is 0. The van der Waals surface area contributed by atoms with Crippen molar-refractivity contribution in [2.75, 3.05) is 0 Å². The number of halogens is 1. The van der Waals surface area contributed by atoms with E-state index < -0.39 is 11.9 Å². The van der Waals surface area contributed by atoms with Crippen LogP contribution in [0.5, 0.6) is 0 Å². The van der Waals surface area contributed by atoms with Gasteiger partial charge in [-0.3, -0.25) is 0 Å². The number of hydrogen-bond donors (Lipinski definition) is 1. The van der Waals surface area contributed by atoms with Crippen LogP contribution >= 0.6 is 11.9 Å². The predicted molar refractivity (Wildman–Crippen MR) is 29.5 cm³/mol. The molecule has 1 N–H and O–H groups in total. The molecule has 0 aromatic heterocycles. The molecule has 0 saturated heterocycles. The maximum atomic E-state index is 9.56. The molecular weight excluding hydrogens is 238 g/mol. The third-order valence-corrected chi connectivity index (χ3v) is 0.385. The summed E-state index contributed by atoms with van der Waals surface area (Å²) in [6, 6.07) is 0. The van der Waals surface area contributed by atoms with Gasteiger partial charge in [0.1, 0.15) is 11.9 Å². The molecule has 4 nitrogen and oxygen atoms in total. The quantitative estimate of drug-likeness (QED) is 0.530. The average molecular weight is 242 g/mol. The second-order valence-electron chi connectivity index (χ2n) is 0.670. The molecular formula is C2H4ClInO4. The predicted octanol–water partition coefficient (Wildman–Crippen LogP) is -1.42. The van der Waals surface area contributed by atoms with Crippen molar-refractivity contribution >= 4 is 49.6 Å². The zero-order chi connectivity index (χ0) is 5.86. The summed E-state index contributed by atoms with van der Waals surface area (Å²) in [7, 11) is 0. The van der Waals surface area contributed by atoms with Gasteiger partial charge >= 0.3 is 37.8 Å². The minimum absolute atomic E-state index is 0. The second kappa shape index (κ2) is 5.24. The van der Waals surface area contributed by atoms with E-state index in [1.165, 1.54) is 0 Å². The van der Waals surface area contributed by atoms with E-state index in [0.29, 0.717) is 0 Å². The van der Waals surface area contributed by atoms with Gasteiger partial charge in [0.25, 0.3) is 0 Å². The first kappa shape index (κ1) is 11.0. The SMILES string of the molecule is O=C(O)C(=O)OCl.[InH3]. The Bertz CT molecular complexity index is 102. The zero-order valence-corrected chi connectivity index (χ0v) is 3.81. The number of carbonyl (C=O) groups excluding carboxylic acids is 1. The van der Waals surface area contributed by atoms with Gasteiger partial charge in [0.2, 0.25) is 0 Å². The van der Waals surface area contributed by atoms with E-state index in [1.54, 1.807) is 0 Å². The number of carboxylic acid groups (broad SMARTS) is 1. The van der Waals surface area contributed by atoms with Crippen molar-refractivity contribution in [2.24, 2.45) is 0 Å². The summed E-state index contributed by atoms with van der Waals surface area (Å²) in [4.78, 5) is 18.9. The molecule has 0 heterocycles. The Morgan fingerprint density at radius 2 is 1.88 bits per heavy atom. The van der Waals surface area contributed by atoms with E-state index in [4.69, 9.17) is 5.11 Å². The van der Waals surface area contributed by atoms with Crippen molar-refractivity contribution in [3.8, 4) is 0 Å². The van der Waals surface area contributed by atoms with Crippen molar-refractivity contribution in [3.05, 3.63) is 0 Å². The fraction of sp³-hybridized carbons (Fsp3) is 0. The van der Waals surface area contributed by atoms with Crippen LogP contribution in [-0.2, 0) is 13.9 Å². The van der Waals surface area contributed by atoms with Gasteiger partial charge in [0.05, 0.1) is 0 Å². The number of rotatable bonds is 0. The number of carboxylic acids is 1. The van der Waals surface area contributed by atoms with Crippen LogP contribution in [0.2, 0.25) is 0 Å². The summed E-state index contributed by atoms with van der Waals surface area (Å²) >= 11 is 4.32. The molecule has 0 atom stereocenters. The van der Waals surface area contributed by atoms with Crippen LogP contribution in [0.4, 0.5) is 0 Å². The third-order valence-electron chi connectivity index (χ3n) is 0.245. The molecule has 0 bridgehead atoms. The van der Waals surface area contributed by atoms with E-state index >= 15 is 0 Å². The van der Waals surface area contributed by atoms with Crippen LogP contribution < -0.4 is 0 Å². The molecule has 0 aliphatic carbocycles. The Kier molecular flexibility index (Phi) is 7.19. The monoisotopic (exact) mass is 242 g/mol. The molecule has 0 aliphatic rings. The van der Waals surface area contributed by atoms with Crippen LogP contribution in [0.25, 0.3) is 0 Å². The summed E-state index contributed by atoms with van der Waals surface area (Å²) < 4.78 is 3.25. The molecule has 0 fully saturated rings. The molecule has 0 aromatic carbocycles. The van der Waals surface area contributed by atoms with Crippen molar-refractivity contribution in [2.45, 2.75) is 0 Å². The summed E-state index contributed by atoms with van der Waals surface area (Å²) in [5, 5.41) is 7.62. The van der Waals surface area contributed by atoms with Gasteiger partial charge in [-0.25, -0.2) is 9.59 Å². The molecule has 6 heteroatoms. The van der Waals surface area contributed by atoms with E-state index in [-0.39, 0.29) is 25.8 Å². The molecule has 0 amide bonds. The number of hydrogen-bond acceptors (Lipinski definition) is 3. The van der Waals surface area contributed by atoms with Crippen molar-refractivity contribution in [3.63, 3.8) is 0 Å². The first-order valence-electron chi connectivity index (χ1n) is 1.24. The van der Waals surface area contributed by atoms with Gasteiger partial charge in [0.15, 0.2) is 0 Å². The topological polar surface area (TPSA) is 63.6 Å². The molecule has 0 saturated carbocycles. The van der Waals surface area contributed by atoms with Gasteiger partial charge < -0.3 is 9.40 Å². The van der Waals surface area contributed by atoms with E-state index in [2.05, 4.69) is 16.2 Å². The Balaban J connectivity index is 0. The van der Waals surface area contributed by atoms with Gasteiger partial charge in [-0.05, 0) is 0 Å². The van der Waals surface area contributed by atoms with Crippen molar-refractivity contribution in [1.29, 1.82) is 0 Å². The minimum atomic E-state index is -1.70. The Morgan fingerprint density at radius 1 is 1.50 bits per heavy atom. The average Bonchev–Trinajstić information content (AvgIpc) is 1.65. The van der Waals surface area contributed by atoms with Gasteiger partial charge in [-0.1, -0.05) is 0 Å². The third kappa shape index (κ3) is 4.26. The Labute approximate surface area is 68.7 Å². The molecule has 0 unspecified atom stereocenters. The fourth-order valence-corrected chi connectivity index (χ4v) is 0.0990. The zero-order valence-electron chi connectivity index (χ0n) is 3.05. The summed E-state index contributed by atoms with van der Waals surface area (Å²) in [5.74, 6) is -3.17. The first-order valence-corrected chi connectivity index (χ1v) is 1.55. The van der Waals surface area contributed by atoms with Gasteiger partial charge in [-0.15, -0.1) is 0 Å². The van der Waals surface area contributed by atoms with Crippen molar-refractivity contribution in [1.82, 2.24) is 0 Å². The first-order chi connectivity index (χ1) is 3.18. The summed E-state index contributed by atoms with van der Waals surface area (Å²) in [5.41, 5.74) is 0. The molecule has 0 aliphatic heterocycles. The Hall–Kier alpha value is 0.100. The number of carbonyl (C=O) groups is 2. The number of aliphatic carboxylic acids is 1. The maximum absolute atomic E-state index is 9.56. The standard InChI is InChI=1S/C2HClO4.In.3H/c3-7-2(6)1(4)5;;;;/h(H,4,5);;;;. The van der Waals surface area contributed by atoms with Crippen LogP contribution in [-0.4, -0.2) is 42.9 Å². The molecule has 0 spiro atoms. The molecule has 8 heavy (non-hydrogen) atoms. The van der Waals surface area contributed by atoms with E-state index in [0.717, 1.165) is 0 Å². The van der Waals surface area contributed by atoms with E-state index in [9.17, 15) is 9.59 Å². The molecule has 0 rings (SSSR count). The summed E-state index contributed by atoms with van der Waals surface area (Å²) in [6.07, 6.45) is 0. The van der Waals surface area contributed by atoms with Gasteiger partial charge in [-0.2, -0.15) is 0 Å². The van der Waals surface area contributed by atoms with Crippen LogP contribution in [0.1, 0.15) is 0 Å². The van der Waals surface area contributed by atoms with Crippen LogP contribution in [0.15, 0.2) is 0 Å². The van der Waals surface area contributed by atoms with Gasteiger partial charge in [0, 0.05) is 0 Å². The van der Waals surface area contributed by atoms with Crippen molar-refractivity contribution < 1.29 is 19.0 Å². The fourth-order valence-electron chi connectivity index (χ4n) is 0.0330. The normalized spacial score (nSPS) is 6.62. The van der Waals surface area contributed by atoms with Crippen LogP contribution in [0, 0.1) is 0 Å². The Morgan fingerprint density at radius 3 is 1.88 bits per heavy atom. The molecule has 0 aromatic rings. The second-order valence-corrected chi connectivity index (χ2v) is 0.824. The van der Waals surface area contributed by atoms with Crippen LogP contribution in [0.3, 0.4) is 0 Å².